The number of aromatic amines is 2. The average molecular weight is 443 g/mol. The maximum absolute atomic E-state index is 12.8. The van der Waals surface area contributed by atoms with E-state index in [1.165, 1.54) is 23.9 Å². The summed E-state index contributed by atoms with van der Waals surface area (Å²) < 4.78 is 38.3. The summed E-state index contributed by atoms with van der Waals surface area (Å²) in [6.07, 6.45) is -0.504. The van der Waals surface area contributed by atoms with Crippen molar-refractivity contribution in [3.63, 3.8) is 0 Å². The van der Waals surface area contributed by atoms with Crippen molar-refractivity contribution in [2.75, 3.05) is 0 Å². The molecule has 0 bridgehead atoms. The van der Waals surface area contributed by atoms with Gasteiger partial charge < -0.3 is 4.98 Å². The minimum atomic E-state index is -4.32. The van der Waals surface area contributed by atoms with Crippen LogP contribution in [0.4, 0.5) is 13.2 Å². The zero-order valence-corrected chi connectivity index (χ0v) is 17.4. The number of H-pyrrole nitrogens is 2. The summed E-state index contributed by atoms with van der Waals surface area (Å²) in [5.41, 5.74) is 1.60. The SMILES string of the molecule is O=c1[nH]c(C2CCC(c3ccccc3)CC2)c(Cc2cc(CC(F)(F)F)ccn2)c(=O)[nH]1. The predicted octanol–water partition coefficient (Wildman–Crippen LogP) is 4.60. The third kappa shape index (κ3) is 5.36. The normalized spacial score (nSPS) is 19.1. The maximum Gasteiger partial charge on any atom is 0.393 e. The van der Waals surface area contributed by atoms with E-state index in [1.807, 2.05) is 18.2 Å². The highest BCUT2D eigenvalue weighted by atomic mass is 19.4. The summed E-state index contributed by atoms with van der Waals surface area (Å²) in [6.45, 7) is 0. The van der Waals surface area contributed by atoms with Crippen LogP contribution >= 0.6 is 0 Å². The summed E-state index contributed by atoms with van der Waals surface area (Å²) in [6, 6.07) is 13.0. The van der Waals surface area contributed by atoms with Gasteiger partial charge in [-0.25, -0.2) is 4.79 Å². The van der Waals surface area contributed by atoms with Gasteiger partial charge in [-0.1, -0.05) is 30.3 Å². The summed E-state index contributed by atoms with van der Waals surface area (Å²) >= 11 is 0. The fraction of sp³-hybridized carbons (Fsp3) is 0.375. The van der Waals surface area contributed by atoms with Crippen LogP contribution in [0, 0.1) is 0 Å². The third-order valence-electron chi connectivity index (χ3n) is 6.12. The highest BCUT2D eigenvalue weighted by molar-refractivity contribution is 5.29. The van der Waals surface area contributed by atoms with E-state index in [1.54, 1.807) is 0 Å². The Balaban J connectivity index is 1.57. The van der Waals surface area contributed by atoms with Crippen molar-refractivity contribution in [3.05, 3.63) is 97.6 Å². The lowest BCUT2D eigenvalue weighted by atomic mass is 9.76. The number of nitrogens with zero attached hydrogens (tertiary/aromatic N) is 1. The van der Waals surface area contributed by atoms with Gasteiger partial charge >= 0.3 is 11.9 Å². The fourth-order valence-electron chi connectivity index (χ4n) is 4.64. The number of pyridine rings is 1. The van der Waals surface area contributed by atoms with Gasteiger partial charge in [0.25, 0.3) is 5.56 Å². The molecule has 2 N–H and O–H groups in total. The van der Waals surface area contributed by atoms with Gasteiger partial charge in [0, 0.05) is 29.6 Å². The van der Waals surface area contributed by atoms with Gasteiger partial charge in [0.2, 0.25) is 0 Å². The van der Waals surface area contributed by atoms with Crippen LogP contribution in [-0.4, -0.2) is 21.1 Å². The molecule has 0 unspecified atom stereocenters. The first-order valence-electron chi connectivity index (χ1n) is 10.7. The molecule has 5 nitrogen and oxygen atoms in total. The van der Waals surface area contributed by atoms with Gasteiger partial charge in [-0.15, -0.1) is 0 Å². The molecule has 0 saturated heterocycles. The van der Waals surface area contributed by atoms with Crippen molar-refractivity contribution in [2.45, 2.75) is 56.5 Å². The predicted molar refractivity (Wildman–Crippen MR) is 115 cm³/mol. The number of hydrogen-bond donors (Lipinski definition) is 2. The van der Waals surface area contributed by atoms with Gasteiger partial charge in [0.1, 0.15) is 0 Å². The Kier molecular flexibility index (Phi) is 6.30. The minimum absolute atomic E-state index is 0.0123. The van der Waals surface area contributed by atoms with Crippen molar-refractivity contribution in [1.82, 2.24) is 15.0 Å². The summed E-state index contributed by atoms with van der Waals surface area (Å²) in [5, 5.41) is 0. The van der Waals surface area contributed by atoms with Crippen LogP contribution in [0.2, 0.25) is 0 Å². The second-order valence-corrected chi connectivity index (χ2v) is 8.38. The molecule has 32 heavy (non-hydrogen) atoms. The molecule has 0 aliphatic heterocycles. The molecule has 1 aliphatic carbocycles. The van der Waals surface area contributed by atoms with Gasteiger partial charge in [0.05, 0.1) is 6.42 Å². The van der Waals surface area contributed by atoms with Crippen molar-refractivity contribution >= 4 is 0 Å². The van der Waals surface area contributed by atoms with Crippen molar-refractivity contribution < 1.29 is 13.2 Å². The highest BCUT2D eigenvalue weighted by Gasteiger charge is 2.29. The van der Waals surface area contributed by atoms with Crippen molar-refractivity contribution in [1.29, 1.82) is 0 Å². The van der Waals surface area contributed by atoms with E-state index in [4.69, 9.17) is 0 Å². The first-order valence-corrected chi connectivity index (χ1v) is 10.7. The lowest BCUT2D eigenvalue weighted by molar-refractivity contribution is -0.127. The largest absolute Gasteiger partial charge is 0.393 e. The number of hydrogen-bond acceptors (Lipinski definition) is 3. The molecule has 2 heterocycles. The molecule has 2 aromatic heterocycles. The Morgan fingerprint density at radius 3 is 2.31 bits per heavy atom. The monoisotopic (exact) mass is 443 g/mol. The molecular weight excluding hydrogens is 419 g/mol. The second kappa shape index (κ2) is 9.14. The van der Waals surface area contributed by atoms with E-state index in [9.17, 15) is 22.8 Å². The minimum Gasteiger partial charge on any atom is -0.311 e. The molecule has 1 fully saturated rings. The first-order chi connectivity index (χ1) is 15.3. The third-order valence-corrected chi connectivity index (χ3v) is 6.12. The zero-order valence-electron chi connectivity index (χ0n) is 17.4. The fourth-order valence-corrected chi connectivity index (χ4v) is 4.64. The lowest BCUT2D eigenvalue weighted by Crippen LogP contribution is -2.30. The van der Waals surface area contributed by atoms with Crippen LogP contribution in [0.25, 0.3) is 0 Å². The zero-order chi connectivity index (χ0) is 22.7. The van der Waals surface area contributed by atoms with Crippen molar-refractivity contribution in [3.8, 4) is 0 Å². The number of benzene rings is 1. The van der Waals surface area contributed by atoms with E-state index in [0.29, 0.717) is 22.9 Å². The van der Waals surface area contributed by atoms with Gasteiger partial charge in [-0.2, -0.15) is 13.2 Å². The standard InChI is InChI=1S/C24H24F3N3O2/c25-24(26,27)14-15-10-11-28-19(12-15)13-20-21(29-23(32)30-22(20)31)18-8-6-17(7-9-18)16-4-2-1-3-5-16/h1-5,10-12,17-18H,6-9,13-14H2,(H2,29,30,31,32). The van der Waals surface area contributed by atoms with E-state index in [0.717, 1.165) is 25.7 Å². The molecule has 1 saturated carbocycles. The summed E-state index contributed by atoms with van der Waals surface area (Å²) in [5.74, 6) is 0.448. The molecule has 4 rings (SSSR count). The van der Waals surface area contributed by atoms with E-state index in [2.05, 4.69) is 27.1 Å². The molecule has 0 atom stereocenters. The van der Waals surface area contributed by atoms with Crippen LogP contribution in [0.5, 0.6) is 0 Å². The highest BCUT2D eigenvalue weighted by Crippen LogP contribution is 2.40. The van der Waals surface area contributed by atoms with Gasteiger partial charge in [0.15, 0.2) is 0 Å². The molecule has 1 aliphatic rings. The second-order valence-electron chi connectivity index (χ2n) is 8.38. The Labute approximate surface area is 182 Å². The number of rotatable bonds is 5. The quantitative estimate of drug-likeness (QED) is 0.605. The molecular formula is C24H24F3N3O2. The maximum atomic E-state index is 12.8. The molecule has 168 valence electrons. The topological polar surface area (TPSA) is 78.6 Å². The smallest absolute Gasteiger partial charge is 0.311 e. The van der Waals surface area contributed by atoms with Crippen LogP contribution in [-0.2, 0) is 12.8 Å². The Hall–Kier alpha value is -3.16. The van der Waals surface area contributed by atoms with E-state index < -0.39 is 23.8 Å². The number of halogens is 3. The molecule has 3 aromatic rings. The number of alkyl halides is 3. The Morgan fingerprint density at radius 2 is 1.62 bits per heavy atom. The molecule has 0 spiro atoms. The molecule has 0 amide bonds. The number of aromatic nitrogens is 3. The molecule has 1 aromatic carbocycles. The summed E-state index contributed by atoms with van der Waals surface area (Å²) in [7, 11) is 0. The average Bonchev–Trinajstić information content (AvgIpc) is 2.75. The molecule has 0 radical (unpaired) electrons. The van der Waals surface area contributed by atoms with Crippen LogP contribution in [0.3, 0.4) is 0 Å². The summed E-state index contributed by atoms with van der Waals surface area (Å²) in [4.78, 5) is 33.8. The lowest BCUT2D eigenvalue weighted by Gasteiger charge is -2.29. The van der Waals surface area contributed by atoms with Crippen molar-refractivity contribution in [2.24, 2.45) is 0 Å². The van der Waals surface area contributed by atoms with Gasteiger partial charge in [-0.05, 0) is 60.8 Å². The number of nitrogens with one attached hydrogen (secondary N) is 2. The van der Waals surface area contributed by atoms with E-state index in [-0.39, 0.29) is 17.9 Å². The van der Waals surface area contributed by atoms with Crippen LogP contribution in [0.15, 0.2) is 58.3 Å². The van der Waals surface area contributed by atoms with Crippen LogP contribution < -0.4 is 11.2 Å². The Bertz CT molecular complexity index is 1180. The van der Waals surface area contributed by atoms with E-state index >= 15 is 0 Å². The van der Waals surface area contributed by atoms with Crippen LogP contribution in [0.1, 0.15) is 65.6 Å². The Morgan fingerprint density at radius 1 is 0.938 bits per heavy atom. The first kappa shape index (κ1) is 22.0. The molecule has 8 heteroatoms. The van der Waals surface area contributed by atoms with Gasteiger partial charge in [-0.3, -0.25) is 14.8 Å².